The molecule has 0 aromatic rings. The van der Waals surface area contributed by atoms with Crippen molar-refractivity contribution in [2.24, 2.45) is 0 Å². The second kappa shape index (κ2) is 6.48. The number of hydrogen-bond acceptors (Lipinski definition) is 3. The van der Waals surface area contributed by atoms with Crippen LogP contribution in [0.15, 0.2) is 0 Å². The Morgan fingerprint density at radius 2 is 2.25 bits per heavy atom. The SMILES string of the molecule is CCC[C@@H]1CC(=O)N1.O=C(O)[C@H]1CCCN1. The lowest BCUT2D eigenvalue weighted by molar-refractivity contribution is -0.139. The summed E-state index contributed by atoms with van der Waals surface area (Å²) in [7, 11) is 0. The molecule has 5 nitrogen and oxygen atoms in total. The summed E-state index contributed by atoms with van der Waals surface area (Å²) in [4.78, 5) is 20.4. The number of carbonyl (C=O) groups excluding carboxylic acids is 1. The second-order valence-corrected chi connectivity index (χ2v) is 4.24. The van der Waals surface area contributed by atoms with Crippen molar-refractivity contribution in [1.29, 1.82) is 0 Å². The van der Waals surface area contributed by atoms with E-state index in [1.165, 1.54) is 6.42 Å². The van der Waals surface area contributed by atoms with Gasteiger partial charge in [-0.05, 0) is 25.8 Å². The standard InChI is InChI=1S/C6H11NO.C5H9NO2/c1-2-3-5-4-6(8)7-5;7-5(8)4-2-1-3-6-4/h5H,2-4H2,1H3,(H,7,8);4,6H,1-3H2,(H,7,8)/t5-;4-/m11/s1. The van der Waals surface area contributed by atoms with E-state index in [2.05, 4.69) is 17.6 Å². The van der Waals surface area contributed by atoms with Crippen LogP contribution in [0.1, 0.15) is 39.0 Å². The maximum Gasteiger partial charge on any atom is 0.320 e. The number of carbonyl (C=O) groups is 2. The van der Waals surface area contributed by atoms with Crippen LogP contribution >= 0.6 is 0 Å². The molecule has 0 spiro atoms. The highest BCUT2D eigenvalue weighted by Crippen LogP contribution is 2.09. The van der Waals surface area contributed by atoms with Gasteiger partial charge in [-0.15, -0.1) is 0 Å². The molecule has 2 aliphatic heterocycles. The third-order valence-electron chi connectivity index (χ3n) is 2.79. The van der Waals surface area contributed by atoms with Gasteiger partial charge >= 0.3 is 5.97 Å². The Balaban J connectivity index is 0.000000160. The Morgan fingerprint density at radius 1 is 1.56 bits per heavy atom. The van der Waals surface area contributed by atoms with Crippen molar-refractivity contribution >= 4 is 11.9 Å². The third kappa shape index (κ3) is 4.18. The van der Waals surface area contributed by atoms with Gasteiger partial charge in [0.25, 0.3) is 0 Å². The van der Waals surface area contributed by atoms with Crippen molar-refractivity contribution in [1.82, 2.24) is 10.6 Å². The van der Waals surface area contributed by atoms with Gasteiger partial charge in [0.1, 0.15) is 6.04 Å². The topological polar surface area (TPSA) is 78.4 Å². The first-order valence-corrected chi connectivity index (χ1v) is 5.89. The lowest BCUT2D eigenvalue weighted by Crippen LogP contribution is -2.48. The molecule has 2 aliphatic rings. The van der Waals surface area contributed by atoms with E-state index in [9.17, 15) is 9.59 Å². The first kappa shape index (κ1) is 13.0. The number of hydrogen-bond donors (Lipinski definition) is 3. The highest BCUT2D eigenvalue weighted by atomic mass is 16.4. The maximum absolute atomic E-state index is 10.3. The number of β-lactam (4-membered cyclic amide) rings is 1. The van der Waals surface area contributed by atoms with Gasteiger partial charge in [0.05, 0.1) is 0 Å². The van der Waals surface area contributed by atoms with Crippen LogP contribution in [0.3, 0.4) is 0 Å². The van der Waals surface area contributed by atoms with E-state index >= 15 is 0 Å². The van der Waals surface area contributed by atoms with E-state index < -0.39 is 5.97 Å². The Hall–Kier alpha value is -1.10. The van der Waals surface area contributed by atoms with Crippen LogP contribution < -0.4 is 10.6 Å². The van der Waals surface area contributed by atoms with Crippen molar-refractivity contribution in [3.8, 4) is 0 Å². The second-order valence-electron chi connectivity index (χ2n) is 4.24. The molecule has 0 saturated carbocycles. The summed E-state index contributed by atoms with van der Waals surface area (Å²) in [6.45, 7) is 2.99. The molecule has 92 valence electrons. The lowest BCUT2D eigenvalue weighted by atomic mass is 10.0. The molecule has 2 atom stereocenters. The molecule has 0 bridgehead atoms. The molecule has 0 aromatic heterocycles. The molecule has 2 saturated heterocycles. The highest BCUT2D eigenvalue weighted by molar-refractivity contribution is 5.82. The van der Waals surface area contributed by atoms with Crippen LogP contribution in [0, 0.1) is 0 Å². The van der Waals surface area contributed by atoms with Gasteiger partial charge in [-0.25, -0.2) is 0 Å². The van der Waals surface area contributed by atoms with Gasteiger partial charge < -0.3 is 15.7 Å². The Kier molecular flexibility index (Phi) is 5.25. The number of aliphatic carboxylic acids is 1. The van der Waals surface area contributed by atoms with Gasteiger partial charge in [-0.1, -0.05) is 13.3 Å². The largest absolute Gasteiger partial charge is 0.480 e. The van der Waals surface area contributed by atoms with E-state index in [1.54, 1.807) is 0 Å². The third-order valence-corrected chi connectivity index (χ3v) is 2.79. The fraction of sp³-hybridized carbons (Fsp3) is 0.818. The quantitative estimate of drug-likeness (QED) is 0.615. The fourth-order valence-corrected chi connectivity index (χ4v) is 1.85. The molecule has 3 N–H and O–H groups in total. The summed E-state index contributed by atoms with van der Waals surface area (Å²) in [5.41, 5.74) is 0. The van der Waals surface area contributed by atoms with E-state index in [0.717, 1.165) is 32.2 Å². The highest BCUT2D eigenvalue weighted by Gasteiger charge is 2.23. The van der Waals surface area contributed by atoms with Gasteiger partial charge in [0.2, 0.25) is 5.91 Å². The van der Waals surface area contributed by atoms with Crippen LogP contribution in [0.4, 0.5) is 0 Å². The molecule has 2 heterocycles. The molecule has 2 fully saturated rings. The van der Waals surface area contributed by atoms with Crippen molar-refractivity contribution in [3.05, 3.63) is 0 Å². The lowest BCUT2D eigenvalue weighted by Gasteiger charge is -2.25. The first-order valence-electron chi connectivity index (χ1n) is 5.89. The number of carboxylic acids is 1. The van der Waals surface area contributed by atoms with Crippen LogP contribution in [0.25, 0.3) is 0 Å². The first-order chi connectivity index (χ1) is 7.63. The monoisotopic (exact) mass is 228 g/mol. The molecule has 1 amide bonds. The maximum atomic E-state index is 10.3. The van der Waals surface area contributed by atoms with Gasteiger partial charge in [-0.3, -0.25) is 9.59 Å². The average Bonchev–Trinajstić information content (AvgIpc) is 2.69. The summed E-state index contributed by atoms with van der Waals surface area (Å²) < 4.78 is 0. The minimum absolute atomic E-state index is 0.212. The Bertz CT molecular complexity index is 242. The van der Waals surface area contributed by atoms with Crippen LogP contribution in [-0.4, -0.2) is 35.6 Å². The summed E-state index contributed by atoms with van der Waals surface area (Å²) >= 11 is 0. The zero-order valence-corrected chi connectivity index (χ0v) is 9.66. The van der Waals surface area contributed by atoms with Crippen molar-refractivity contribution in [2.75, 3.05) is 6.54 Å². The molecule has 5 heteroatoms. The summed E-state index contributed by atoms with van der Waals surface area (Å²) in [6.07, 6.45) is 4.86. The summed E-state index contributed by atoms with van der Waals surface area (Å²) in [5.74, 6) is -0.508. The summed E-state index contributed by atoms with van der Waals surface area (Å²) in [6, 6.07) is 0.238. The number of nitrogens with one attached hydrogen (secondary N) is 2. The van der Waals surface area contributed by atoms with Crippen LogP contribution in [-0.2, 0) is 9.59 Å². The number of rotatable bonds is 3. The molecule has 2 rings (SSSR count). The smallest absolute Gasteiger partial charge is 0.320 e. The van der Waals surface area contributed by atoms with E-state index in [0.29, 0.717) is 6.04 Å². The normalized spacial score (nSPS) is 27.4. The van der Waals surface area contributed by atoms with Crippen molar-refractivity contribution < 1.29 is 14.7 Å². The minimum atomic E-state index is -0.720. The van der Waals surface area contributed by atoms with E-state index in [1.807, 2.05) is 0 Å². The van der Waals surface area contributed by atoms with E-state index in [-0.39, 0.29) is 11.9 Å². The van der Waals surface area contributed by atoms with Gasteiger partial charge in [0, 0.05) is 12.5 Å². The van der Waals surface area contributed by atoms with Crippen LogP contribution in [0.2, 0.25) is 0 Å². The Morgan fingerprint density at radius 3 is 2.56 bits per heavy atom. The zero-order chi connectivity index (χ0) is 12.0. The molecule has 0 radical (unpaired) electrons. The predicted octanol–water partition coefficient (Wildman–Crippen LogP) is 0.498. The van der Waals surface area contributed by atoms with Crippen molar-refractivity contribution in [2.45, 2.75) is 51.1 Å². The summed E-state index contributed by atoms with van der Waals surface area (Å²) in [5, 5.41) is 14.0. The average molecular weight is 228 g/mol. The molecule has 16 heavy (non-hydrogen) atoms. The molecule has 0 unspecified atom stereocenters. The van der Waals surface area contributed by atoms with Crippen molar-refractivity contribution in [3.63, 3.8) is 0 Å². The Labute approximate surface area is 95.6 Å². The molecular weight excluding hydrogens is 208 g/mol. The number of amides is 1. The zero-order valence-electron chi connectivity index (χ0n) is 9.66. The molecule has 0 aliphatic carbocycles. The molecular formula is C11H20N2O3. The van der Waals surface area contributed by atoms with Crippen LogP contribution in [0.5, 0.6) is 0 Å². The molecule has 0 aromatic carbocycles. The van der Waals surface area contributed by atoms with E-state index in [4.69, 9.17) is 5.11 Å². The fourth-order valence-electron chi connectivity index (χ4n) is 1.85. The number of carboxylic acid groups (broad SMARTS) is 1. The minimum Gasteiger partial charge on any atom is -0.480 e. The van der Waals surface area contributed by atoms with Gasteiger partial charge in [-0.2, -0.15) is 0 Å². The van der Waals surface area contributed by atoms with Gasteiger partial charge in [0.15, 0.2) is 0 Å². The predicted molar refractivity (Wildman–Crippen MR) is 60.1 cm³/mol.